The maximum absolute atomic E-state index is 12.1. The average Bonchev–Trinajstić information content (AvgIpc) is 3.15. The van der Waals surface area contributed by atoms with E-state index in [1.165, 1.54) is 18.2 Å². The summed E-state index contributed by atoms with van der Waals surface area (Å²) in [5.41, 5.74) is 0. The van der Waals surface area contributed by atoms with Gasteiger partial charge in [-0.2, -0.15) is 0 Å². The first-order valence-electron chi connectivity index (χ1n) is 5.85. The van der Waals surface area contributed by atoms with Gasteiger partial charge in [0.1, 0.15) is 0 Å². The van der Waals surface area contributed by atoms with Crippen LogP contribution in [0.3, 0.4) is 0 Å². The van der Waals surface area contributed by atoms with E-state index in [1.54, 1.807) is 0 Å². The molecule has 0 spiro atoms. The molecule has 0 heterocycles. The summed E-state index contributed by atoms with van der Waals surface area (Å²) in [6.45, 7) is 0.0838. The van der Waals surface area contributed by atoms with Gasteiger partial charge in [-0.1, -0.05) is 23.2 Å². The van der Waals surface area contributed by atoms with Gasteiger partial charge in [-0.25, -0.2) is 8.42 Å². The molecule has 1 aliphatic carbocycles. The van der Waals surface area contributed by atoms with Crippen molar-refractivity contribution in [1.82, 2.24) is 5.32 Å². The number of sulfone groups is 1. The molecular weight excluding hydrogens is 309 g/mol. The minimum Gasteiger partial charge on any atom is -0.355 e. The van der Waals surface area contributed by atoms with Crippen LogP contribution in [0.2, 0.25) is 10.0 Å². The van der Waals surface area contributed by atoms with Gasteiger partial charge in [0.05, 0.1) is 15.7 Å². The van der Waals surface area contributed by atoms with Gasteiger partial charge in [0.25, 0.3) is 0 Å². The van der Waals surface area contributed by atoms with Crippen molar-refractivity contribution in [3.63, 3.8) is 0 Å². The maximum Gasteiger partial charge on any atom is 0.223 e. The number of hydrogen-bond acceptors (Lipinski definition) is 3. The van der Waals surface area contributed by atoms with E-state index >= 15 is 0 Å². The third kappa shape index (κ3) is 3.84. The van der Waals surface area contributed by atoms with Gasteiger partial charge >= 0.3 is 0 Å². The fourth-order valence-electron chi connectivity index (χ4n) is 1.62. The van der Waals surface area contributed by atoms with Crippen molar-refractivity contribution in [3.05, 3.63) is 28.2 Å². The Balaban J connectivity index is 2.01. The Morgan fingerprint density at radius 2 is 2.00 bits per heavy atom. The molecule has 104 valence electrons. The number of hydrogen-bond donors (Lipinski definition) is 1. The van der Waals surface area contributed by atoms with Crippen molar-refractivity contribution >= 4 is 38.9 Å². The molecule has 0 atom stereocenters. The second-order valence-electron chi connectivity index (χ2n) is 4.46. The number of amides is 1. The van der Waals surface area contributed by atoms with E-state index in [2.05, 4.69) is 5.32 Å². The van der Waals surface area contributed by atoms with E-state index in [-0.39, 0.29) is 34.0 Å². The highest BCUT2D eigenvalue weighted by molar-refractivity contribution is 7.91. The third-order valence-corrected chi connectivity index (χ3v) is 5.27. The monoisotopic (exact) mass is 321 g/mol. The lowest BCUT2D eigenvalue weighted by atomic mass is 10.4. The Bertz CT molecular complexity index is 597. The minimum atomic E-state index is -3.55. The van der Waals surface area contributed by atoms with Crippen molar-refractivity contribution < 1.29 is 13.2 Å². The highest BCUT2D eigenvalue weighted by Gasteiger charge is 2.29. The van der Waals surface area contributed by atoms with Crippen molar-refractivity contribution in [2.45, 2.75) is 17.7 Å². The summed E-state index contributed by atoms with van der Waals surface area (Å²) in [5.74, 6) is -0.198. The lowest BCUT2D eigenvalue weighted by molar-refractivity contribution is -0.122. The number of rotatable bonds is 5. The van der Waals surface area contributed by atoms with Gasteiger partial charge in [-0.15, -0.1) is 0 Å². The van der Waals surface area contributed by atoms with Crippen LogP contribution in [0.5, 0.6) is 0 Å². The van der Waals surface area contributed by atoms with Gasteiger partial charge in [-0.3, -0.25) is 4.79 Å². The smallest absolute Gasteiger partial charge is 0.223 e. The molecule has 19 heavy (non-hydrogen) atoms. The van der Waals surface area contributed by atoms with E-state index in [0.717, 1.165) is 12.8 Å². The molecule has 0 aliphatic heterocycles. The summed E-state index contributed by atoms with van der Waals surface area (Å²) in [7, 11) is -3.55. The van der Waals surface area contributed by atoms with E-state index in [1.807, 2.05) is 0 Å². The number of nitrogens with one attached hydrogen (secondary N) is 1. The molecule has 1 aliphatic rings. The normalized spacial score (nSPS) is 15.3. The number of halogens is 2. The molecule has 0 unspecified atom stereocenters. The summed E-state index contributed by atoms with van der Waals surface area (Å²) in [4.78, 5) is 11.4. The zero-order valence-electron chi connectivity index (χ0n) is 10.0. The fraction of sp³-hybridized carbons (Fsp3) is 0.417. The SMILES string of the molecule is O=C(NCCS(=O)(=O)c1cc(Cl)ccc1Cl)C1CC1. The first-order valence-corrected chi connectivity index (χ1v) is 8.26. The van der Waals surface area contributed by atoms with E-state index < -0.39 is 9.84 Å². The van der Waals surface area contributed by atoms with Crippen LogP contribution in [0.4, 0.5) is 0 Å². The molecule has 4 nitrogen and oxygen atoms in total. The number of carbonyl (C=O) groups excluding carboxylic acids is 1. The molecule has 0 saturated heterocycles. The Morgan fingerprint density at radius 1 is 1.32 bits per heavy atom. The van der Waals surface area contributed by atoms with Crippen molar-refractivity contribution in [1.29, 1.82) is 0 Å². The van der Waals surface area contributed by atoms with Crippen LogP contribution in [-0.4, -0.2) is 26.6 Å². The zero-order valence-corrected chi connectivity index (χ0v) is 12.4. The van der Waals surface area contributed by atoms with Crippen molar-refractivity contribution in [2.75, 3.05) is 12.3 Å². The highest BCUT2D eigenvalue weighted by Crippen LogP contribution is 2.29. The van der Waals surface area contributed by atoms with Crippen LogP contribution in [-0.2, 0) is 14.6 Å². The first-order chi connectivity index (χ1) is 8.90. The largest absolute Gasteiger partial charge is 0.355 e. The Hall–Kier alpha value is -0.780. The quantitative estimate of drug-likeness (QED) is 0.905. The molecule has 1 N–H and O–H groups in total. The van der Waals surface area contributed by atoms with Gasteiger partial charge in [0.15, 0.2) is 9.84 Å². The van der Waals surface area contributed by atoms with Crippen molar-refractivity contribution in [3.8, 4) is 0 Å². The summed E-state index contributed by atoms with van der Waals surface area (Å²) in [5, 5.41) is 3.06. The third-order valence-electron chi connectivity index (χ3n) is 2.85. The molecule has 1 aromatic carbocycles. The second-order valence-corrected chi connectivity index (χ2v) is 7.38. The predicted molar refractivity (Wildman–Crippen MR) is 74.2 cm³/mol. The molecule has 1 amide bonds. The maximum atomic E-state index is 12.1. The lowest BCUT2D eigenvalue weighted by Crippen LogP contribution is -2.30. The van der Waals surface area contributed by atoms with E-state index in [0.29, 0.717) is 5.02 Å². The van der Waals surface area contributed by atoms with Crippen LogP contribution in [0.1, 0.15) is 12.8 Å². The molecule has 1 aromatic rings. The number of benzene rings is 1. The fourth-order valence-corrected chi connectivity index (χ4v) is 3.59. The first kappa shape index (κ1) is 14.6. The average molecular weight is 322 g/mol. The van der Waals surface area contributed by atoms with Gasteiger partial charge < -0.3 is 5.32 Å². The minimum absolute atomic E-state index is 0.00216. The molecule has 7 heteroatoms. The van der Waals surface area contributed by atoms with Gasteiger partial charge in [-0.05, 0) is 31.0 Å². The molecule has 0 aromatic heterocycles. The summed E-state index contributed by atoms with van der Waals surface area (Å²) in [6, 6.07) is 4.29. The predicted octanol–water partition coefficient (Wildman–Crippen LogP) is 2.29. The summed E-state index contributed by atoms with van der Waals surface area (Å²) in [6.07, 6.45) is 1.78. The van der Waals surface area contributed by atoms with Gasteiger partial charge in [0.2, 0.25) is 5.91 Å². The van der Waals surface area contributed by atoms with E-state index in [9.17, 15) is 13.2 Å². The Labute approximate surface area is 122 Å². The van der Waals surface area contributed by atoms with Crippen LogP contribution in [0.25, 0.3) is 0 Å². The van der Waals surface area contributed by atoms with Crippen LogP contribution >= 0.6 is 23.2 Å². The molecular formula is C12H13Cl2NO3S. The lowest BCUT2D eigenvalue weighted by Gasteiger charge is -2.08. The summed E-state index contributed by atoms with van der Waals surface area (Å²) >= 11 is 11.6. The van der Waals surface area contributed by atoms with E-state index in [4.69, 9.17) is 23.2 Å². The molecule has 2 rings (SSSR count). The van der Waals surface area contributed by atoms with Crippen LogP contribution in [0, 0.1) is 5.92 Å². The highest BCUT2D eigenvalue weighted by atomic mass is 35.5. The molecule has 0 bridgehead atoms. The molecule has 1 saturated carbocycles. The van der Waals surface area contributed by atoms with Crippen LogP contribution in [0.15, 0.2) is 23.1 Å². The topological polar surface area (TPSA) is 63.2 Å². The molecule has 1 fully saturated rings. The summed E-state index contributed by atoms with van der Waals surface area (Å²) < 4.78 is 24.2. The van der Waals surface area contributed by atoms with Gasteiger partial charge in [0, 0.05) is 17.5 Å². The van der Waals surface area contributed by atoms with Crippen molar-refractivity contribution in [2.24, 2.45) is 5.92 Å². The number of carbonyl (C=O) groups is 1. The standard InChI is InChI=1S/C12H13Cl2NO3S/c13-9-3-4-10(14)11(7-9)19(17,18)6-5-15-12(16)8-1-2-8/h3-4,7-8H,1-2,5-6H2,(H,15,16). The zero-order chi connectivity index (χ0) is 14.0. The Morgan fingerprint density at radius 3 is 2.63 bits per heavy atom. The molecule has 0 radical (unpaired) electrons. The second kappa shape index (κ2) is 5.69. The Kier molecular flexibility index (Phi) is 4.38. The van der Waals surface area contributed by atoms with Crippen LogP contribution < -0.4 is 5.32 Å².